The summed E-state index contributed by atoms with van der Waals surface area (Å²) in [6.07, 6.45) is 0. The maximum Gasteiger partial charge on any atom is 0.319 e. The van der Waals surface area contributed by atoms with Crippen molar-refractivity contribution in [1.82, 2.24) is 5.32 Å². The van der Waals surface area contributed by atoms with E-state index in [9.17, 15) is 9.18 Å². The summed E-state index contributed by atoms with van der Waals surface area (Å²) in [5.74, 6) is -0.526. The Hall–Kier alpha value is -1.78. The second-order valence-corrected chi connectivity index (χ2v) is 6.67. The minimum absolute atomic E-state index is 0.0377. The molecule has 2 rings (SSSR count). The fraction of sp³-hybridized carbons (Fsp3) is 0.235. The van der Waals surface area contributed by atoms with Gasteiger partial charge in [0.15, 0.2) is 0 Å². The molecule has 122 valence electrons. The highest BCUT2D eigenvalue weighted by molar-refractivity contribution is 6.31. The van der Waals surface area contributed by atoms with E-state index >= 15 is 0 Å². The summed E-state index contributed by atoms with van der Waals surface area (Å²) in [4.78, 5) is 12.0. The van der Waals surface area contributed by atoms with Crippen molar-refractivity contribution in [3.63, 3.8) is 0 Å². The van der Waals surface area contributed by atoms with Crippen molar-refractivity contribution in [3.05, 3.63) is 63.9 Å². The monoisotopic (exact) mass is 354 g/mol. The molecule has 2 amide bonds. The van der Waals surface area contributed by atoms with E-state index in [4.69, 9.17) is 23.2 Å². The van der Waals surface area contributed by atoms with Gasteiger partial charge in [0.25, 0.3) is 0 Å². The molecule has 0 spiro atoms. The van der Waals surface area contributed by atoms with Gasteiger partial charge in [0.1, 0.15) is 5.82 Å². The molecule has 0 atom stereocenters. The Morgan fingerprint density at radius 1 is 1.13 bits per heavy atom. The number of benzene rings is 2. The molecule has 0 radical (unpaired) electrons. The molecule has 0 saturated carbocycles. The lowest BCUT2D eigenvalue weighted by Crippen LogP contribution is -2.38. The smallest absolute Gasteiger partial charge is 0.319 e. The summed E-state index contributed by atoms with van der Waals surface area (Å²) in [5, 5.41) is 6.05. The third kappa shape index (κ3) is 4.85. The highest BCUT2D eigenvalue weighted by Gasteiger charge is 2.21. The highest BCUT2D eigenvalue weighted by Crippen LogP contribution is 2.24. The average Bonchev–Trinajstić information content (AvgIpc) is 2.50. The van der Waals surface area contributed by atoms with Crippen molar-refractivity contribution in [1.29, 1.82) is 0 Å². The van der Waals surface area contributed by atoms with Crippen molar-refractivity contribution in [2.24, 2.45) is 0 Å². The van der Waals surface area contributed by atoms with Crippen LogP contribution < -0.4 is 10.6 Å². The quantitative estimate of drug-likeness (QED) is 0.775. The van der Waals surface area contributed by atoms with E-state index in [1.165, 1.54) is 18.2 Å². The summed E-state index contributed by atoms with van der Waals surface area (Å²) < 4.78 is 13.1. The van der Waals surface area contributed by atoms with Crippen molar-refractivity contribution in [2.45, 2.75) is 19.3 Å². The van der Waals surface area contributed by atoms with Gasteiger partial charge in [0.2, 0.25) is 0 Å². The maximum absolute atomic E-state index is 13.1. The predicted molar refractivity (Wildman–Crippen MR) is 92.9 cm³/mol. The minimum atomic E-state index is -0.526. The van der Waals surface area contributed by atoms with Crippen LogP contribution in [-0.4, -0.2) is 12.6 Å². The molecule has 0 aliphatic rings. The Balaban J connectivity index is 1.95. The van der Waals surface area contributed by atoms with E-state index in [2.05, 4.69) is 10.6 Å². The molecule has 0 saturated heterocycles. The third-order valence-corrected chi connectivity index (χ3v) is 4.04. The molecule has 23 heavy (non-hydrogen) atoms. The number of amides is 2. The Morgan fingerprint density at radius 3 is 2.39 bits per heavy atom. The lowest BCUT2D eigenvalue weighted by molar-refractivity contribution is 0.249. The minimum Gasteiger partial charge on any atom is -0.337 e. The van der Waals surface area contributed by atoms with Gasteiger partial charge in [-0.15, -0.1) is 0 Å². The first kappa shape index (κ1) is 17.6. The Labute approximate surface area is 144 Å². The number of hydrogen-bond acceptors (Lipinski definition) is 1. The van der Waals surface area contributed by atoms with Crippen LogP contribution in [0.25, 0.3) is 0 Å². The topological polar surface area (TPSA) is 41.1 Å². The van der Waals surface area contributed by atoms with E-state index in [0.717, 1.165) is 5.56 Å². The van der Waals surface area contributed by atoms with Crippen LogP contribution in [0.1, 0.15) is 19.4 Å². The van der Waals surface area contributed by atoms with Gasteiger partial charge in [-0.3, -0.25) is 0 Å². The van der Waals surface area contributed by atoms with Gasteiger partial charge in [-0.1, -0.05) is 49.2 Å². The van der Waals surface area contributed by atoms with Crippen LogP contribution in [0.5, 0.6) is 0 Å². The lowest BCUT2D eigenvalue weighted by Gasteiger charge is -2.25. The number of rotatable bonds is 4. The van der Waals surface area contributed by atoms with Gasteiger partial charge in [-0.05, 0) is 35.9 Å². The summed E-state index contributed by atoms with van der Waals surface area (Å²) in [5.41, 5.74) is 1.23. The number of carbonyl (C=O) groups is 1. The molecule has 3 nitrogen and oxygen atoms in total. The van der Waals surface area contributed by atoms with E-state index in [0.29, 0.717) is 17.3 Å². The maximum atomic E-state index is 13.1. The third-order valence-electron chi connectivity index (χ3n) is 3.49. The van der Waals surface area contributed by atoms with E-state index in [1.54, 1.807) is 0 Å². The van der Waals surface area contributed by atoms with Gasteiger partial charge in [0.05, 0.1) is 5.02 Å². The van der Waals surface area contributed by atoms with Crippen LogP contribution in [-0.2, 0) is 5.41 Å². The molecule has 0 fully saturated rings. The molecular formula is C17H17Cl2FN2O. The van der Waals surface area contributed by atoms with Crippen molar-refractivity contribution in [2.75, 3.05) is 11.9 Å². The van der Waals surface area contributed by atoms with Crippen molar-refractivity contribution >= 4 is 34.9 Å². The molecule has 0 aliphatic heterocycles. The molecule has 0 aromatic heterocycles. The Kier molecular flexibility index (Phi) is 5.50. The molecule has 6 heteroatoms. The summed E-state index contributed by atoms with van der Waals surface area (Å²) in [6, 6.07) is 11.1. The Morgan fingerprint density at radius 2 is 1.78 bits per heavy atom. The first-order valence-corrected chi connectivity index (χ1v) is 7.79. The van der Waals surface area contributed by atoms with Crippen molar-refractivity contribution < 1.29 is 9.18 Å². The normalized spacial score (nSPS) is 11.2. The number of urea groups is 1. The predicted octanol–water partition coefficient (Wildman–Crippen LogP) is 5.23. The molecule has 2 aromatic rings. The summed E-state index contributed by atoms with van der Waals surface area (Å²) >= 11 is 11.6. The number of carbonyl (C=O) groups excluding carboxylic acids is 1. The lowest BCUT2D eigenvalue weighted by atomic mass is 9.85. The first-order valence-electron chi connectivity index (χ1n) is 7.04. The molecule has 0 aliphatic carbocycles. The van der Waals surface area contributed by atoms with E-state index < -0.39 is 5.82 Å². The number of anilines is 1. The summed E-state index contributed by atoms with van der Waals surface area (Å²) in [7, 11) is 0. The van der Waals surface area contributed by atoms with E-state index in [1.807, 2.05) is 38.1 Å². The molecule has 2 N–H and O–H groups in total. The highest BCUT2D eigenvalue weighted by atomic mass is 35.5. The van der Waals surface area contributed by atoms with Crippen LogP contribution in [0.15, 0.2) is 42.5 Å². The SMILES string of the molecule is CC(C)(CNC(=O)Nc1ccc(F)c(Cl)c1)c1ccc(Cl)cc1. The van der Waals surface area contributed by atoms with Gasteiger partial charge >= 0.3 is 6.03 Å². The molecular weight excluding hydrogens is 338 g/mol. The zero-order valence-corrected chi connectivity index (χ0v) is 14.3. The second-order valence-electron chi connectivity index (χ2n) is 5.83. The van der Waals surface area contributed by atoms with Crippen molar-refractivity contribution in [3.8, 4) is 0 Å². The fourth-order valence-corrected chi connectivity index (χ4v) is 2.36. The van der Waals surface area contributed by atoms with Gasteiger partial charge < -0.3 is 10.6 Å². The molecule has 2 aromatic carbocycles. The van der Waals surface area contributed by atoms with Crippen LogP contribution in [0, 0.1) is 5.82 Å². The molecule has 0 heterocycles. The van der Waals surface area contributed by atoms with E-state index in [-0.39, 0.29) is 16.5 Å². The van der Waals surface area contributed by atoms with Gasteiger partial charge in [0, 0.05) is 22.7 Å². The van der Waals surface area contributed by atoms with Gasteiger partial charge in [-0.25, -0.2) is 9.18 Å². The molecule has 0 bridgehead atoms. The standard InChI is InChI=1S/C17H17Cl2FN2O/c1-17(2,11-3-5-12(18)6-4-11)10-21-16(23)22-13-7-8-15(20)14(19)9-13/h3-9H,10H2,1-2H3,(H2,21,22,23). The zero-order valence-electron chi connectivity index (χ0n) is 12.8. The number of nitrogens with one attached hydrogen (secondary N) is 2. The van der Waals surface area contributed by atoms with Crippen LogP contribution >= 0.6 is 23.2 Å². The number of halogens is 3. The van der Waals surface area contributed by atoms with Crippen LogP contribution in [0.3, 0.4) is 0 Å². The zero-order chi connectivity index (χ0) is 17.0. The second kappa shape index (κ2) is 7.20. The van der Waals surface area contributed by atoms with Gasteiger partial charge in [-0.2, -0.15) is 0 Å². The van der Waals surface area contributed by atoms with Crippen LogP contribution in [0.2, 0.25) is 10.0 Å². The Bertz CT molecular complexity index is 702. The number of hydrogen-bond donors (Lipinski definition) is 2. The first-order chi connectivity index (χ1) is 10.8. The summed E-state index contributed by atoms with van der Waals surface area (Å²) in [6.45, 7) is 4.46. The van der Waals surface area contributed by atoms with Crippen LogP contribution in [0.4, 0.5) is 14.9 Å². The largest absolute Gasteiger partial charge is 0.337 e. The fourth-order valence-electron chi connectivity index (χ4n) is 2.05. The average molecular weight is 355 g/mol. The molecule has 0 unspecified atom stereocenters.